The molecule has 1 aliphatic carbocycles. The van der Waals surface area contributed by atoms with E-state index in [4.69, 9.17) is 0 Å². The van der Waals surface area contributed by atoms with Crippen LogP contribution in [0.1, 0.15) is 52.5 Å². The summed E-state index contributed by atoms with van der Waals surface area (Å²) < 4.78 is 0. The van der Waals surface area contributed by atoms with Gasteiger partial charge in [0, 0.05) is 0 Å². The van der Waals surface area contributed by atoms with Gasteiger partial charge in [0.05, 0.1) is 0 Å². The Hall–Kier alpha value is -1.13. The molecule has 1 heteroatoms. The number of allylic oxidation sites excluding steroid dienone is 6. The normalized spacial score (nSPS) is 13.0. The van der Waals surface area contributed by atoms with Crippen LogP contribution in [0.15, 0.2) is 65.8 Å². The fourth-order valence-corrected chi connectivity index (χ4v) is 2.29. The lowest BCUT2D eigenvalue weighted by molar-refractivity contribution is 0.650. The maximum atomic E-state index is 2.42. The van der Waals surface area contributed by atoms with E-state index in [-0.39, 0.29) is 0 Å². The van der Waals surface area contributed by atoms with Crippen molar-refractivity contribution in [3.8, 4) is 0 Å². The zero-order valence-electron chi connectivity index (χ0n) is 15.7. The van der Waals surface area contributed by atoms with E-state index < -0.39 is 0 Å². The molecule has 0 aliphatic heterocycles. The predicted molar refractivity (Wildman–Crippen MR) is 111 cm³/mol. The molecular formula is C22H35P. The highest BCUT2D eigenvalue weighted by Gasteiger charge is 2.00. The Morgan fingerprint density at radius 1 is 0.957 bits per heavy atom. The summed E-state index contributed by atoms with van der Waals surface area (Å²) >= 11 is 0. The zero-order valence-corrected chi connectivity index (χ0v) is 16.8. The van der Waals surface area contributed by atoms with E-state index in [1.165, 1.54) is 29.6 Å². The van der Waals surface area contributed by atoms with Crippen LogP contribution in [0, 0.1) is 5.92 Å². The maximum Gasteiger partial charge on any atom is -0.0133 e. The Labute approximate surface area is 147 Å². The third kappa shape index (κ3) is 11.1. The summed E-state index contributed by atoms with van der Waals surface area (Å²) in [5, 5.41) is 0. The minimum absolute atomic E-state index is 0.757. The summed E-state index contributed by atoms with van der Waals surface area (Å²) in [4.78, 5) is 0. The smallest absolute Gasteiger partial charge is 0.0133 e. The van der Waals surface area contributed by atoms with Crippen LogP contribution in [0.3, 0.4) is 0 Å². The number of aryl methyl sites for hydroxylation is 1. The number of hydrogen-bond acceptors (Lipinski definition) is 0. The average Bonchev–Trinajstić information content (AvgIpc) is 2.82. The average molecular weight is 330 g/mol. The lowest BCUT2D eigenvalue weighted by Gasteiger charge is -2.03. The molecule has 0 bridgehead atoms. The molecule has 1 atom stereocenters. The van der Waals surface area contributed by atoms with Crippen molar-refractivity contribution >= 4 is 9.24 Å². The molecule has 1 aliphatic rings. The molecule has 0 saturated heterocycles. The van der Waals surface area contributed by atoms with E-state index in [0.29, 0.717) is 0 Å². The van der Waals surface area contributed by atoms with Crippen molar-refractivity contribution in [1.82, 2.24) is 0 Å². The summed E-state index contributed by atoms with van der Waals surface area (Å²) in [7, 11) is 2.42. The van der Waals surface area contributed by atoms with Crippen LogP contribution in [0.25, 0.3) is 0 Å². The van der Waals surface area contributed by atoms with Crippen LogP contribution in [0.5, 0.6) is 0 Å². The molecule has 0 nitrogen and oxygen atoms in total. The molecule has 1 unspecified atom stereocenters. The van der Waals surface area contributed by atoms with Crippen molar-refractivity contribution in [2.24, 2.45) is 5.92 Å². The van der Waals surface area contributed by atoms with Gasteiger partial charge in [-0.15, -0.1) is 9.24 Å². The highest BCUT2D eigenvalue weighted by atomic mass is 31.0. The van der Waals surface area contributed by atoms with Crippen LogP contribution >= 0.6 is 9.24 Å². The first-order valence-corrected chi connectivity index (χ1v) is 9.98. The van der Waals surface area contributed by atoms with E-state index in [2.05, 4.69) is 85.5 Å². The van der Waals surface area contributed by atoms with Gasteiger partial charge < -0.3 is 0 Å². The zero-order chi connectivity index (χ0) is 17.5. The molecule has 0 spiro atoms. The van der Waals surface area contributed by atoms with Crippen LogP contribution in [0.4, 0.5) is 0 Å². The third-order valence-electron chi connectivity index (χ3n) is 3.59. The summed E-state index contributed by atoms with van der Waals surface area (Å²) in [6.07, 6.45) is 13.8. The summed E-state index contributed by atoms with van der Waals surface area (Å²) in [5.41, 5.74) is 4.42. The fourth-order valence-electron chi connectivity index (χ4n) is 2.29. The van der Waals surface area contributed by atoms with Crippen LogP contribution in [-0.4, -0.2) is 6.66 Å². The monoisotopic (exact) mass is 330 g/mol. The Kier molecular flexibility index (Phi) is 13.8. The molecule has 2 rings (SSSR count). The van der Waals surface area contributed by atoms with Gasteiger partial charge in [-0.05, 0) is 42.7 Å². The van der Waals surface area contributed by atoms with Crippen LogP contribution < -0.4 is 0 Å². The predicted octanol–water partition coefficient (Wildman–Crippen LogP) is 7.00. The first-order valence-electron chi connectivity index (χ1n) is 8.82. The molecule has 0 N–H and O–H groups in total. The van der Waals surface area contributed by atoms with Gasteiger partial charge >= 0.3 is 0 Å². The van der Waals surface area contributed by atoms with E-state index in [1.807, 2.05) is 12.7 Å². The number of rotatable bonds is 4. The van der Waals surface area contributed by atoms with E-state index in [0.717, 1.165) is 18.8 Å². The fraction of sp³-hybridized carbons (Fsp3) is 0.455. The SMILES string of the molecule is CCC1=CC=C(CC(C)C)C=CC1.CCc1ccccc1.CP. The van der Waals surface area contributed by atoms with Crippen LogP contribution in [0.2, 0.25) is 0 Å². The summed E-state index contributed by atoms with van der Waals surface area (Å²) in [6.45, 7) is 10.8. The topological polar surface area (TPSA) is 0 Å². The summed E-state index contributed by atoms with van der Waals surface area (Å²) in [6, 6.07) is 10.5. The molecule has 1 aromatic carbocycles. The van der Waals surface area contributed by atoms with Gasteiger partial charge in [0.15, 0.2) is 0 Å². The number of hydrogen-bond donors (Lipinski definition) is 0. The Bertz CT molecular complexity index is 478. The lowest BCUT2D eigenvalue weighted by Crippen LogP contribution is -1.88. The molecular weight excluding hydrogens is 295 g/mol. The maximum absolute atomic E-state index is 2.42. The highest BCUT2D eigenvalue weighted by Crippen LogP contribution is 2.18. The van der Waals surface area contributed by atoms with Crippen molar-refractivity contribution in [3.63, 3.8) is 0 Å². The highest BCUT2D eigenvalue weighted by molar-refractivity contribution is 7.15. The van der Waals surface area contributed by atoms with Crippen molar-refractivity contribution in [1.29, 1.82) is 0 Å². The molecule has 0 saturated carbocycles. The number of benzene rings is 1. The molecule has 128 valence electrons. The second-order valence-electron chi connectivity index (χ2n) is 5.96. The van der Waals surface area contributed by atoms with Gasteiger partial charge in [-0.25, -0.2) is 0 Å². The van der Waals surface area contributed by atoms with Crippen molar-refractivity contribution in [2.75, 3.05) is 6.66 Å². The Balaban J connectivity index is 0.000000414. The Morgan fingerprint density at radius 2 is 1.61 bits per heavy atom. The molecule has 0 fully saturated rings. The minimum Gasteiger partial charge on any atom is -0.141 e. The largest absolute Gasteiger partial charge is 0.141 e. The Morgan fingerprint density at radius 3 is 2.09 bits per heavy atom. The summed E-state index contributed by atoms with van der Waals surface area (Å²) in [5.74, 6) is 0.757. The first kappa shape index (κ1) is 21.9. The van der Waals surface area contributed by atoms with Gasteiger partial charge in [-0.1, -0.05) is 94.6 Å². The lowest BCUT2D eigenvalue weighted by atomic mass is 10.0. The van der Waals surface area contributed by atoms with Gasteiger partial charge in [-0.3, -0.25) is 0 Å². The van der Waals surface area contributed by atoms with E-state index in [1.54, 1.807) is 0 Å². The van der Waals surface area contributed by atoms with Crippen molar-refractivity contribution in [3.05, 3.63) is 71.3 Å². The molecule has 0 aromatic heterocycles. The van der Waals surface area contributed by atoms with E-state index >= 15 is 0 Å². The standard InChI is InChI=1S/C13H20.C8H10.CH5P/c1-4-12-6-5-7-13(9-8-12)10-11(2)3;1-2-8-6-4-3-5-7-8;1-2/h5,7-9,11H,4,6,10H2,1-3H3;3-7H,2H2,1H3;2H2,1H3. The van der Waals surface area contributed by atoms with Gasteiger partial charge in [0.1, 0.15) is 0 Å². The minimum atomic E-state index is 0.757. The van der Waals surface area contributed by atoms with E-state index in [9.17, 15) is 0 Å². The molecule has 1 aromatic rings. The van der Waals surface area contributed by atoms with Gasteiger partial charge in [0.2, 0.25) is 0 Å². The molecule has 23 heavy (non-hydrogen) atoms. The first-order chi connectivity index (χ1) is 11.2. The second kappa shape index (κ2) is 14.5. The van der Waals surface area contributed by atoms with Gasteiger partial charge in [0.25, 0.3) is 0 Å². The van der Waals surface area contributed by atoms with Crippen LogP contribution in [-0.2, 0) is 6.42 Å². The van der Waals surface area contributed by atoms with Gasteiger partial charge in [-0.2, -0.15) is 0 Å². The third-order valence-corrected chi connectivity index (χ3v) is 3.59. The quantitative estimate of drug-likeness (QED) is 0.522. The molecule has 0 amide bonds. The van der Waals surface area contributed by atoms with Crippen molar-refractivity contribution in [2.45, 2.75) is 53.4 Å². The second-order valence-corrected chi connectivity index (χ2v) is 5.96. The van der Waals surface area contributed by atoms with Crippen molar-refractivity contribution < 1.29 is 0 Å². The molecule has 0 radical (unpaired) electrons. The molecule has 0 heterocycles.